The van der Waals surface area contributed by atoms with Crippen molar-refractivity contribution in [3.8, 4) is 0 Å². The van der Waals surface area contributed by atoms with Gasteiger partial charge < -0.3 is 10.2 Å². The van der Waals surface area contributed by atoms with E-state index in [2.05, 4.69) is 15.2 Å². The molecule has 1 fully saturated rings. The van der Waals surface area contributed by atoms with E-state index in [1.165, 1.54) is 19.0 Å². The topological polar surface area (TPSA) is 45.2 Å². The lowest BCUT2D eigenvalue weighted by molar-refractivity contribution is 0.102. The number of halogens is 1. The monoisotopic (exact) mass is 301 g/mol. The molecule has 2 aromatic rings. The molecule has 0 bridgehead atoms. The Hall–Kier alpha value is -2.07. The van der Waals surface area contributed by atoms with E-state index < -0.39 is 0 Å². The molecule has 1 aromatic carbocycles. The molecule has 4 nitrogen and oxygen atoms in total. The number of para-hydroxylation sites is 2. The first-order chi connectivity index (χ1) is 10.3. The Labute approximate surface area is 128 Å². The standard InChI is InChI=1S/C16H16ClN3O/c17-13-7-8-18-11-12(13)16(21)19-14-5-1-2-6-15(14)20-9-3-4-10-20/h1-2,5-8,11H,3-4,9-10H2,(H,19,21). The van der Waals surface area contributed by atoms with Gasteiger partial charge in [-0.2, -0.15) is 0 Å². The van der Waals surface area contributed by atoms with Gasteiger partial charge in [0.2, 0.25) is 0 Å². The van der Waals surface area contributed by atoms with Crippen LogP contribution in [0.1, 0.15) is 23.2 Å². The zero-order valence-corrected chi connectivity index (χ0v) is 12.3. The Bertz CT molecular complexity index is 653. The molecule has 1 saturated heterocycles. The van der Waals surface area contributed by atoms with Gasteiger partial charge in [0.15, 0.2) is 0 Å². The zero-order valence-electron chi connectivity index (χ0n) is 11.6. The molecule has 0 atom stereocenters. The lowest BCUT2D eigenvalue weighted by Gasteiger charge is -2.21. The quantitative estimate of drug-likeness (QED) is 0.942. The maximum Gasteiger partial charge on any atom is 0.258 e. The molecule has 2 heterocycles. The van der Waals surface area contributed by atoms with Crippen LogP contribution >= 0.6 is 11.6 Å². The average Bonchev–Trinajstić information content (AvgIpc) is 3.02. The smallest absolute Gasteiger partial charge is 0.258 e. The largest absolute Gasteiger partial charge is 0.370 e. The van der Waals surface area contributed by atoms with E-state index in [9.17, 15) is 4.79 Å². The number of carbonyl (C=O) groups excluding carboxylic acids is 1. The molecule has 5 heteroatoms. The number of benzene rings is 1. The first kappa shape index (κ1) is 13.9. The molecule has 0 aliphatic carbocycles. The summed E-state index contributed by atoms with van der Waals surface area (Å²) in [6.07, 6.45) is 5.43. The number of carbonyl (C=O) groups is 1. The molecule has 0 saturated carbocycles. The van der Waals surface area contributed by atoms with Crippen molar-refractivity contribution in [2.24, 2.45) is 0 Å². The Morgan fingerprint density at radius 1 is 1.19 bits per heavy atom. The molecular weight excluding hydrogens is 286 g/mol. The molecule has 3 rings (SSSR count). The van der Waals surface area contributed by atoms with E-state index >= 15 is 0 Å². The second kappa shape index (κ2) is 6.14. The van der Waals surface area contributed by atoms with Gasteiger partial charge in [-0.3, -0.25) is 9.78 Å². The highest BCUT2D eigenvalue weighted by Gasteiger charge is 2.17. The van der Waals surface area contributed by atoms with Crippen LogP contribution < -0.4 is 10.2 Å². The third kappa shape index (κ3) is 3.00. The van der Waals surface area contributed by atoms with Crippen LogP contribution in [0.4, 0.5) is 11.4 Å². The number of nitrogens with one attached hydrogen (secondary N) is 1. The summed E-state index contributed by atoms with van der Waals surface area (Å²) in [5.74, 6) is -0.236. The number of hydrogen-bond donors (Lipinski definition) is 1. The number of pyridine rings is 1. The number of amides is 1. The van der Waals surface area contributed by atoms with Gasteiger partial charge in [0, 0.05) is 25.5 Å². The van der Waals surface area contributed by atoms with Crippen LogP contribution in [0.25, 0.3) is 0 Å². The molecule has 1 N–H and O–H groups in total. The fourth-order valence-electron chi connectivity index (χ4n) is 2.55. The normalized spacial score (nSPS) is 14.2. The molecular formula is C16H16ClN3O. The highest BCUT2D eigenvalue weighted by atomic mass is 35.5. The predicted molar refractivity (Wildman–Crippen MR) is 85.1 cm³/mol. The number of rotatable bonds is 3. The number of anilines is 2. The van der Waals surface area contributed by atoms with Gasteiger partial charge >= 0.3 is 0 Å². The summed E-state index contributed by atoms with van der Waals surface area (Å²) >= 11 is 6.04. The van der Waals surface area contributed by atoms with Crippen molar-refractivity contribution in [2.45, 2.75) is 12.8 Å². The second-order valence-electron chi connectivity index (χ2n) is 5.02. The maximum absolute atomic E-state index is 12.3. The summed E-state index contributed by atoms with van der Waals surface area (Å²) in [5, 5.41) is 3.34. The molecule has 0 spiro atoms. The van der Waals surface area contributed by atoms with E-state index in [-0.39, 0.29) is 5.91 Å². The summed E-state index contributed by atoms with van der Waals surface area (Å²) < 4.78 is 0. The van der Waals surface area contributed by atoms with Crippen molar-refractivity contribution < 1.29 is 4.79 Å². The predicted octanol–water partition coefficient (Wildman–Crippen LogP) is 3.59. The second-order valence-corrected chi connectivity index (χ2v) is 5.43. The number of hydrogen-bond acceptors (Lipinski definition) is 3. The van der Waals surface area contributed by atoms with E-state index in [0.717, 1.165) is 24.5 Å². The maximum atomic E-state index is 12.3. The molecule has 0 radical (unpaired) electrons. The third-order valence-corrected chi connectivity index (χ3v) is 3.94. The van der Waals surface area contributed by atoms with Crippen molar-refractivity contribution >= 4 is 28.9 Å². The van der Waals surface area contributed by atoms with E-state index in [4.69, 9.17) is 11.6 Å². The lowest BCUT2D eigenvalue weighted by Crippen LogP contribution is -2.21. The lowest BCUT2D eigenvalue weighted by atomic mass is 10.2. The van der Waals surface area contributed by atoms with E-state index in [0.29, 0.717) is 10.6 Å². The van der Waals surface area contributed by atoms with Gasteiger partial charge in [0.1, 0.15) is 0 Å². The molecule has 108 valence electrons. The Kier molecular flexibility index (Phi) is 4.06. The van der Waals surface area contributed by atoms with Crippen molar-refractivity contribution in [3.05, 3.63) is 53.3 Å². The van der Waals surface area contributed by atoms with E-state index in [1.807, 2.05) is 24.3 Å². The number of aromatic nitrogens is 1. The summed E-state index contributed by atoms with van der Waals surface area (Å²) in [7, 11) is 0. The minimum Gasteiger partial charge on any atom is -0.370 e. The van der Waals surface area contributed by atoms with Gasteiger partial charge in [-0.05, 0) is 31.0 Å². The summed E-state index contributed by atoms with van der Waals surface area (Å²) in [5.41, 5.74) is 2.25. The molecule has 1 aliphatic rings. The van der Waals surface area contributed by atoms with Crippen LogP contribution in [0.15, 0.2) is 42.7 Å². The van der Waals surface area contributed by atoms with Crippen LogP contribution in [0, 0.1) is 0 Å². The van der Waals surface area contributed by atoms with Crippen LogP contribution in [0.5, 0.6) is 0 Å². The summed E-state index contributed by atoms with van der Waals surface area (Å²) in [4.78, 5) is 18.6. The van der Waals surface area contributed by atoms with Crippen molar-refractivity contribution in [3.63, 3.8) is 0 Å². The molecule has 0 unspecified atom stereocenters. The SMILES string of the molecule is O=C(Nc1ccccc1N1CCCC1)c1cnccc1Cl. The summed E-state index contributed by atoms with van der Waals surface area (Å²) in [6.45, 7) is 2.06. The van der Waals surface area contributed by atoms with Crippen molar-refractivity contribution in [1.29, 1.82) is 0 Å². The van der Waals surface area contributed by atoms with Crippen LogP contribution in [-0.2, 0) is 0 Å². The molecule has 21 heavy (non-hydrogen) atoms. The van der Waals surface area contributed by atoms with Gasteiger partial charge in [0.25, 0.3) is 5.91 Å². The first-order valence-corrected chi connectivity index (χ1v) is 7.38. The van der Waals surface area contributed by atoms with Gasteiger partial charge in [-0.1, -0.05) is 23.7 Å². The molecule has 1 aliphatic heterocycles. The van der Waals surface area contributed by atoms with Crippen molar-refractivity contribution in [1.82, 2.24) is 4.98 Å². The third-order valence-electron chi connectivity index (χ3n) is 3.61. The summed E-state index contributed by atoms with van der Waals surface area (Å²) in [6, 6.07) is 9.46. The fourth-order valence-corrected chi connectivity index (χ4v) is 2.74. The highest BCUT2D eigenvalue weighted by molar-refractivity contribution is 6.34. The molecule has 1 amide bonds. The van der Waals surface area contributed by atoms with Crippen LogP contribution in [0.3, 0.4) is 0 Å². The first-order valence-electron chi connectivity index (χ1n) is 7.00. The Morgan fingerprint density at radius 3 is 2.71 bits per heavy atom. The van der Waals surface area contributed by atoms with Gasteiger partial charge in [-0.15, -0.1) is 0 Å². The van der Waals surface area contributed by atoms with E-state index in [1.54, 1.807) is 12.3 Å². The fraction of sp³-hybridized carbons (Fsp3) is 0.250. The van der Waals surface area contributed by atoms with Crippen LogP contribution in [-0.4, -0.2) is 24.0 Å². The zero-order chi connectivity index (χ0) is 14.7. The molecule has 1 aromatic heterocycles. The number of nitrogens with zero attached hydrogens (tertiary/aromatic N) is 2. The highest BCUT2D eigenvalue weighted by Crippen LogP contribution is 2.29. The van der Waals surface area contributed by atoms with Crippen LogP contribution in [0.2, 0.25) is 5.02 Å². The van der Waals surface area contributed by atoms with Gasteiger partial charge in [-0.25, -0.2) is 0 Å². The minimum atomic E-state index is -0.236. The van der Waals surface area contributed by atoms with Gasteiger partial charge in [0.05, 0.1) is 22.0 Å². The Morgan fingerprint density at radius 2 is 1.95 bits per heavy atom. The minimum absolute atomic E-state index is 0.236. The van der Waals surface area contributed by atoms with Crippen molar-refractivity contribution in [2.75, 3.05) is 23.3 Å². The average molecular weight is 302 g/mol. The Balaban J connectivity index is 1.85.